The fraction of sp³-hybridized carbons (Fsp3) is 0.0185. The van der Waals surface area contributed by atoms with Crippen LogP contribution in [0.2, 0.25) is 0 Å². The molecule has 0 radical (unpaired) electrons. The fourth-order valence-corrected chi connectivity index (χ4v) is 9.22. The molecule has 262 valence electrons. The number of hydrogen-bond acceptors (Lipinski definition) is 1. The van der Waals surface area contributed by atoms with Gasteiger partial charge in [-0.3, -0.25) is 4.98 Å². The molecule has 10 aromatic rings. The maximum atomic E-state index is 4.57. The van der Waals surface area contributed by atoms with Crippen LogP contribution in [0.1, 0.15) is 22.3 Å². The molecule has 0 bridgehead atoms. The zero-order chi connectivity index (χ0) is 37.1. The average molecular weight is 713 g/mol. The van der Waals surface area contributed by atoms with Gasteiger partial charge in [-0.25, -0.2) is 0 Å². The van der Waals surface area contributed by atoms with Crippen LogP contribution in [0, 0.1) is 0 Å². The zero-order valence-corrected chi connectivity index (χ0v) is 30.7. The van der Waals surface area contributed by atoms with Crippen LogP contribution in [0.5, 0.6) is 0 Å². The van der Waals surface area contributed by atoms with E-state index in [1.54, 1.807) is 0 Å². The lowest BCUT2D eigenvalue weighted by molar-refractivity contribution is 0.728. The van der Waals surface area contributed by atoms with Gasteiger partial charge in [0, 0.05) is 22.5 Å². The van der Waals surface area contributed by atoms with Crippen molar-refractivity contribution in [1.29, 1.82) is 0 Å². The number of fused-ring (bicyclic) bond motifs is 5. The van der Waals surface area contributed by atoms with E-state index in [0.717, 1.165) is 11.3 Å². The molecule has 0 aliphatic carbocycles. The third-order valence-electron chi connectivity index (χ3n) is 11.7. The summed E-state index contributed by atoms with van der Waals surface area (Å²) in [6.45, 7) is 0. The van der Waals surface area contributed by atoms with Gasteiger partial charge in [-0.2, -0.15) is 0 Å². The third kappa shape index (κ3) is 4.93. The van der Waals surface area contributed by atoms with E-state index in [2.05, 4.69) is 210 Å². The molecule has 2 heteroatoms. The minimum absolute atomic E-state index is 0.535. The monoisotopic (exact) mass is 712 g/mol. The lowest BCUT2D eigenvalue weighted by Gasteiger charge is -2.41. The Hall–Kier alpha value is -7.29. The quantitative estimate of drug-likeness (QED) is 0.168. The first-order valence-corrected chi connectivity index (χ1v) is 19.3. The largest absolute Gasteiger partial charge is 0.309 e. The second kappa shape index (κ2) is 12.9. The van der Waals surface area contributed by atoms with E-state index in [-0.39, 0.29) is 0 Å². The highest BCUT2D eigenvalue weighted by Gasteiger charge is 2.45. The lowest BCUT2D eigenvalue weighted by atomic mass is 9.63. The Morgan fingerprint density at radius 1 is 0.357 bits per heavy atom. The maximum absolute atomic E-state index is 4.57. The van der Waals surface area contributed by atoms with E-state index in [1.165, 1.54) is 83.1 Å². The summed E-state index contributed by atoms with van der Waals surface area (Å²) in [4.78, 5) is 4.57. The van der Waals surface area contributed by atoms with E-state index in [0.29, 0.717) is 0 Å². The molecule has 11 rings (SSSR count). The number of nitrogens with zero attached hydrogens (tertiary/aromatic N) is 2. The van der Waals surface area contributed by atoms with E-state index >= 15 is 0 Å². The van der Waals surface area contributed by atoms with Gasteiger partial charge in [0.1, 0.15) is 0 Å². The van der Waals surface area contributed by atoms with Crippen molar-refractivity contribution in [2.75, 3.05) is 0 Å². The number of benzene rings is 8. The molecule has 56 heavy (non-hydrogen) atoms. The minimum atomic E-state index is -0.535. The van der Waals surface area contributed by atoms with Crippen LogP contribution in [0.3, 0.4) is 0 Å². The summed E-state index contributed by atoms with van der Waals surface area (Å²) in [5.74, 6) is 0. The van der Waals surface area contributed by atoms with Crippen molar-refractivity contribution in [1.82, 2.24) is 9.55 Å². The fourth-order valence-electron chi connectivity index (χ4n) is 9.22. The number of aromatic nitrogens is 2. The normalized spacial score (nSPS) is 14.5. The van der Waals surface area contributed by atoms with Crippen molar-refractivity contribution >= 4 is 21.8 Å². The van der Waals surface area contributed by atoms with Gasteiger partial charge in [0.25, 0.3) is 0 Å². The van der Waals surface area contributed by atoms with Crippen molar-refractivity contribution in [3.63, 3.8) is 0 Å². The number of pyridine rings is 1. The predicted molar refractivity (Wildman–Crippen MR) is 232 cm³/mol. The highest BCUT2D eigenvalue weighted by Crippen LogP contribution is 2.54. The molecule has 1 atom stereocenters. The molecule has 2 nitrogen and oxygen atoms in total. The Balaban J connectivity index is 1.10. The van der Waals surface area contributed by atoms with Gasteiger partial charge in [0.15, 0.2) is 0 Å². The summed E-state index contributed by atoms with van der Waals surface area (Å²) in [6, 6.07) is 77.7. The van der Waals surface area contributed by atoms with Gasteiger partial charge in [0.05, 0.1) is 27.8 Å². The van der Waals surface area contributed by atoms with Crippen molar-refractivity contribution < 1.29 is 0 Å². The summed E-state index contributed by atoms with van der Waals surface area (Å²) < 4.78 is 2.49. The Kier molecular flexibility index (Phi) is 7.43. The molecule has 1 unspecified atom stereocenters. The topological polar surface area (TPSA) is 17.8 Å². The molecule has 0 saturated heterocycles. The Labute approximate surface area is 326 Å². The van der Waals surface area contributed by atoms with Gasteiger partial charge >= 0.3 is 0 Å². The smallest absolute Gasteiger partial charge is 0.0742 e. The summed E-state index contributed by atoms with van der Waals surface area (Å²) in [5.41, 5.74) is 17.5. The van der Waals surface area contributed by atoms with Crippen LogP contribution >= 0.6 is 0 Å². The van der Waals surface area contributed by atoms with Gasteiger partial charge in [-0.05, 0) is 98.1 Å². The van der Waals surface area contributed by atoms with Crippen molar-refractivity contribution in [2.45, 2.75) is 5.41 Å². The van der Waals surface area contributed by atoms with E-state index < -0.39 is 5.41 Å². The van der Waals surface area contributed by atoms with Crippen LogP contribution in [-0.2, 0) is 5.41 Å². The van der Waals surface area contributed by atoms with Gasteiger partial charge in [-0.1, -0.05) is 170 Å². The molecular weight excluding hydrogens is 677 g/mol. The highest BCUT2D eigenvalue weighted by molar-refractivity contribution is 6.12. The molecule has 0 spiro atoms. The molecule has 1 aliphatic rings. The summed E-state index contributed by atoms with van der Waals surface area (Å²) >= 11 is 0. The van der Waals surface area contributed by atoms with Gasteiger partial charge < -0.3 is 4.57 Å². The van der Waals surface area contributed by atoms with Crippen molar-refractivity contribution in [3.8, 4) is 50.3 Å². The summed E-state index contributed by atoms with van der Waals surface area (Å²) in [7, 11) is 0. The highest BCUT2D eigenvalue weighted by atomic mass is 15.0. The zero-order valence-electron chi connectivity index (χ0n) is 30.7. The van der Waals surface area contributed by atoms with Crippen molar-refractivity contribution in [3.05, 3.63) is 241 Å². The summed E-state index contributed by atoms with van der Waals surface area (Å²) in [6.07, 6.45) is 1.85. The molecule has 0 saturated carbocycles. The second-order valence-corrected chi connectivity index (χ2v) is 14.7. The van der Waals surface area contributed by atoms with Gasteiger partial charge in [0.2, 0.25) is 0 Å². The van der Waals surface area contributed by atoms with Crippen molar-refractivity contribution in [2.24, 2.45) is 0 Å². The Bertz CT molecular complexity index is 3040. The number of hydrogen-bond donors (Lipinski definition) is 0. The number of para-hydroxylation sites is 3. The lowest BCUT2D eigenvalue weighted by Crippen LogP contribution is -2.35. The molecule has 2 aromatic heterocycles. The first-order valence-electron chi connectivity index (χ1n) is 19.3. The molecule has 3 heterocycles. The molecular formula is C54H36N2. The molecule has 0 amide bonds. The van der Waals surface area contributed by atoms with Crippen LogP contribution < -0.4 is 0 Å². The second-order valence-electron chi connectivity index (χ2n) is 14.7. The van der Waals surface area contributed by atoms with E-state index in [9.17, 15) is 0 Å². The SMILES string of the molecule is c1ccc(-c2cc(-c3ccc(-c4ccccn4)cc3)cc(-c3ccc(C4(c5ccccc5)c5ccccc5-n5c6ccccc6c6cccc4c65)cc3)c2)cc1. The Morgan fingerprint density at radius 2 is 0.893 bits per heavy atom. The molecule has 8 aromatic carbocycles. The maximum Gasteiger partial charge on any atom is 0.0742 e. The predicted octanol–water partition coefficient (Wildman–Crippen LogP) is 13.5. The molecule has 0 N–H and O–H groups in total. The third-order valence-corrected chi connectivity index (χ3v) is 11.7. The minimum Gasteiger partial charge on any atom is -0.309 e. The summed E-state index contributed by atoms with van der Waals surface area (Å²) in [5, 5.41) is 2.56. The average Bonchev–Trinajstić information content (AvgIpc) is 3.63. The Morgan fingerprint density at radius 3 is 1.61 bits per heavy atom. The van der Waals surface area contributed by atoms with Crippen LogP contribution in [0.15, 0.2) is 219 Å². The standard InChI is InChI=1S/C54H36N2/c1-3-14-37(15-4-1)41-34-42(38-25-27-40(28-26-38)50-22-11-12-33-55-50)36-43(35-41)39-29-31-45(32-30-39)54(44-16-5-2-6-17-44)48-20-8-10-24-52(48)56-51-23-9-7-18-46(51)47-19-13-21-49(54)53(47)56/h1-36H. The van der Waals surface area contributed by atoms with Crippen LogP contribution in [0.25, 0.3) is 72.1 Å². The molecule has 0 fully saturated rings. The first-order chi connectivity index (χ1) is 27.8. The van der Waals surface area contributed by atoms with Crippen LogP contribution in [0.4, 0.5) is 0 Å². The number of rotatable bonds is 6. The van der Waals surface area contributed by atoms with E-state index in [4.69, 9.17) is 0 Å². The first kappa shape index (κ1) is 32.2. The van der Waals surface area contributed by atoms with Crippen LogP contribution in [-0.4, -0.2) is 9.55 Å². The molecule has 1 aliphatic heterocycles. The van der Waals surface area contributed by atoms with Gasteiger partial charge in [-0.15, -0.1) is 0 Å². The van der Waals surface area contributed by atoms with E-state index in [1.807, 2.05) is 18.3 Å².